The lowest BCUT2D eigenvalue weighted by atomic mass is 10.1. The molecule has 0 atom stereocenters. The first-order chi connectivity index (χ1) is 10.6. The van der Waals surface area contributed by atoms with Crippen molar-refractivity contribution >= 4 is 11.9 Å². The Balaban J connectivity index is 1.91. The summed E-state index contributed by atoms with van der Waals surface area (Å²) in [5.74, 6) is -0.0346. The van der Waals surface area contributed by atoms with E-state index in [0.717, 1.165) is 5.56 Å². The zero-order chi connectivity index (χ0) is 15.9. The van der Waals surface area contributed by atoms with Crippen LogP contribution in [0.15, 0.2) is 41.0 Å². The SMILES string of the molecule is CCOC(=O)c1ccc(CNC(=O)c2coc(CN)c2)cc1. The standard InChI is InChI=1S/C16H18N2O4/c1-2-21-16(20)12-5-3-11(4-6-12)9-18-15(19)13-7-14(8-17)22-10-13/h3-7,10H,2,8-9,17H2,1H3,(H,18,19). The predicted octanol–water partition coefficient (Wildman–Crippen LogP) is 1.85. The molecule has 116 valence electrons. The number of benzene rings is 1. The van der Waals surface area contributed by atoms with Crippen LogP contribution in [0.25, 0.3) is 0 Å². The van der Waals surface area contributed by atoms with Crippen molar-refractivity contribution in [2.24, 2.45) is 5.73 Å². The van der Waals surface area contributed by atoms with E-state index in [9.17, 15) is 9.59 Å². The first-order valence-electron chi connectivity index (χ1n) is 6.95. The molecule has 6 heteroatoms. The van der Waals surface area contributed by atoms with E-state index in [0.29, 0.717) is 30.0 Å². The summed E-state index contributed by atoms with van der Waals surface area (Å²) in [6.07, 6.45) is 1.38. The topological polar surface area (TPSA) is 94.6 Å². The minimum absolute atomic E-state index is 0.238. The average Bonchev–Trinajstić information content (AvgIpc) is 3.02. The van der Waals surface area contributed by atoms with Gasteiger partial charge in [-0.1, -0.05) is 12.1 Å². The maximum Gasteiger partial charge on any atom is 0.338 e. The molecule has 2 rings (SSSR count). The number of amides is 1. The lowest BCUT2D eigenvalue weighted by Gasteiger charge is -2.05. The van der Waals surface area contributed by atoms with E-state index >= 15 is 0 Å². The Labute approximate surface area is 128 Å². The summed E-state index contributed by atoms with van der Waals surface area (Å²) < 4.78 is 10.0. The Morgan fingerprint density at radius 2 is 1.95 bits per heavy atom. The molecule has 1 aromatic heterocycles. The van der Waals surface area contributed by atoms with Gasteiger partial charge in [0, 0.05) is 6.54 Å². The molecule has 0 spiro atoms. The van der Waals surface area contributed by atoms with Crippen molar-refractivity contribution in [2.45, 2.75) is 20.0 Å². The fraction of sp³-hybridized carbons (Fsp3) is 0.250. The summed E-state index contributed by atoms with van der Waals surface area (Å²) in [5, 5.41) is 2.77. The lowest BCUT2D eigenvalue weighted by molar-refractivity contribution is 0.0526. The highest BCUT2D eigenvalue weighted by Gasteiger charge is 2.10. The Morgan fingerprint density at radius 1 is 1.23 bits per heavy atom. The van der Waals surface area contributed by atoms with Gasteiger partial charge in [-0.15, -0.1) is 0 Å². The second-order valence-corrected chi connectivity index (χ2v) is 4.61. The Morgan fingerprint density at radius 3 is 2.55 bits per heavy atom. The third-order valence-corrected chi connectivity index (χ3v) is 3.04. The van der Waals surface area contributed by atoms with Crippen LogP contribution in [0.4, 0.5) is 0 Å². The number of hydrogen-bond acceptors (Lipinski definition) is 5. The van der Waals surface area contributed by atoms with Crippen LogP contribution in [-0.4, -0.2) is 18.5 Å². The van der Waals surface area contributed by atoms with E-state index in [4.69, 9.17) is 14.9 Å². The minimum atomic E-state index is -0.356. The molecule has 1 amide bonds. The van der Waals surface area contributed by atoms with Crippen molar-refractivity contribution in [1.82, 2.24) is 5.32 Å². The van der Waals surface area contributed by atoms with Crippen LogP contribution in [0, 0.1) is 0 Å². The fourth-order valence-electron chi connectivity index (χ4n) is 1.86. The number of nitrogens with one attached hydrogen (secondary N) is 1. The van der Waals surface area contributed by atoms with E-state index in [1.54, 1.807) is 37.3 Å². The molecule has 22 heavy (non-hydrogen) atoms. The predicted molar refractivity (Wildman–Crippen MR) is 80.2 cm³/mol. The maximum absolute atomic E-state index is 11.9. The second kappa shape index (κ2) is 7.42. The monoisotopic (exact) mass is 302 g/mol. The van der Waals surface area contributed by atoms with Crippen LogP contribution < -0.4 is 11.1 Å². The van der Waals surface area contributed by atoms with Gasteiger partial charge < -0.3 is 20.2 Å². The summed E-state index contributed by atoms with van der Waals surface area (Å²) in [6.45, 7) is 2.70. The number of furan rings is 1. The first-order valence-corrected chi connectivity index (χ1v) is 6.95. The number of hydrogen-bond donors (Lipinski definition) is 2. The molecule has 3 N–H and O–H groups in total. The molecule has 0 bridgehead atoms. The number of carbonyl (C=O) groups is 2. The number of ether oxygens (including phenoxy) is 1. The van der Waals surface area contributed by atoms with Crippen molar-refractivity contribution in [2.75, 3.05) is 6.61 Å². The largest absolute Gasteiger partial charge is 0.467 e. The van der Waals surface area contributed by atoms with Gasteiger partial charge >= 0.3 is 5.97 Å². The van der Waals surface area contributed by atoms with E-state index in [1.807, 2.05) is 0 Å². The molecule has 0 aliphatic heterocycles. The minimum Gasteiger partial charge on any atom is -0.467 e. The zero-order valence-electron chi connectivity index (χ0n) is 12.3. The highest BCUT2D eigenvalue weighted by Crippen LogP contribution is 2.09. The average molecular weight is 302 g/mol. The normalized spacial score (nSPS) is 10.3. The van der Waals surface area contributed by atoms with Gasteiger partial charge in [0.15, 0.2) is 0 Å². The van der Waals surface area contributed by atoms with Crippen LogP contribution in [-0.2, 0) is 17.8 Å². The first kappa shape index (κ1) is 15.8. The van der Waals surface area contributed by atoms with Gasteiger partial charge in [0.05, 0.1) is 24.3 Å². The van der Waals surface area contributed by atoms with Crippen LogP contribution in [0.2, 0.25) is 0 Å². The highest BCUT2D eigenvalue weighted by atomic mass is 16.5. The maximum atomic E-state index is 11.9. The number of rotatable bonds is 6. The number of esters is 1. The third kappa shape index (κ3) is 3.95. The summed E-state index contributed by atoms with van der Waals surface area (Å²) in [6, 6.07) is 8.49. The number of carbonyl (C=O) groups excluding carboxylic acids is 2. The van der Waals surface area contributed by atoms with Crippen LogP contribution in [0.1, 0.15) is 39.0 Å². The van der Waals surface area contributed by atoms with Gasteiger partial charge in [-0.2, -0.15) is 0 Å². The van der Waals surface area contributed by atoms with Crippen molar-refractivity contribution in [3.63, 3.8) is 0 Å². The highest BCUT2D eigenvalue weighted by molar-refractivity contribution is 5.94. The Hall–Kier alpha value is -2.60. The summed E-state index contributed by atoms with van der Waals surface area (Å²) >= 11 is 0. The molecule has 0 aliphatic carbocycles. The quantitative estimate of drug-likeness (QED) is 0.794. The number of nitrogens with two attached hydrogens (primary N) is 1. The van der Waals surface area contributed by atoms with Crippen molar-refractivity contribution < 1.29 is 18.7 Å². The molecule has 6 nitrogen and oxygen atoms in total. The molecule has 2 aromatic rings. The zero-order valence-corrected chi connectivity index (χ0v) is 12.3. The van der Waals surface area contributed by atoms with Crippen molar-refractivity contribution in [3.8, 4) is 0 Å². The fourth-order valence-corrected chi connectivity index (χ4v) is 1.86. The summed E-state index contributed by atoms with van der Waals surface area (Å²) in [7, 11) is 0. The smallest absolute Gasteiger partial charge is 0.338 e. The molecule has 0 aliphatic rings. The van der Waals surface area contributed by atoms with Gasteiger partial charge in [0.2, 0.25) is 0 Å². The lowest BCUT2D eigenvalue weighted by Crippen LogP contribution is -2.22. The molecule has 0 saturated heterocycles. The van der Waals surface area contributed by atoms with E-state index < -0.39 is 0 Å². The molecular formula is C16H18N2O4. The van der Waals surface area contributed by atoms with Crippen LogP contribution in [0.3, 0.4) is 0 Å². The van der Waals surface area contributed by atoms with E-state index in [1.165, 1.54) is 6.26 Å². The molecule has 0 unspecified atom stereocenters. The van der Waals surface area contributed by atoms with Crippen molar-refractivity contribution in [1.29, 1.82) is 0 Å². The van der Waals surface area contributed by atoms with Gasteiger partial charge in [0.1, 0.15) is 12.0 Å². The van der Waals surface area contributed by atoms with Crippen LogP contribution in [0.5, 0.6) is 0 Å². The van der Waals surface area contributed by atoms with E-state index in [-0.39, 0.29) is 18.4 Å². The third-order valence-electron chi connectivity index (χ3n) is 3.04. The molecular weight excluding hydrogens is 284 g/mol. The molecule has 0 fully saturated rings. The van der Waals surface area contributed by atoms with Gasteiger partial charge in [-0.05, 0) is 30.7 Å². The Kier molecular flexibility index (Phi) is 5.32. The summed E-state index contributed by atoms with van der Waals surface area (Å²) in [5.41, 5.74) is 7.22. The van der Waals surface area contributed by atoms with Gasteiger partial charge in [-0.3, -0.25) is 4.79 Å². The molecule has 1 heterocycles. The Bertz CT molecular complexity index is 646. The molecule has 0 radical (unpaired) electrons. The van der Waals surface area contributed by atoms with Crippen molar-refractivity contribution in [3.05, 3.63) is 59.0 Å². The second-order valence-electron chi connectivity index (χ2n) is 4.61. The molecule has 1 aromatic carbocycles. The van der Waals surface area contributed by atoms with Crippen LogP contribution >= 0.6 is 0 Å². The van der Waals surface area contributed by atoms with Gasteiger partial charge in [-0.25, -0.2) is 4.79 Å². The molecule has 0 saturated carbocycles. The summed E-state index contributed by atoms with van der Waals surface area (Å²) in [4.78, 5) is 23.4. The van der Waals surface area contributed by atoms with E-state index in [2.05, 4.69) is 5.32 Å². The van der Waals surface area contributed by atoms with Gasteiger partial charge in [0.25, 0.3) is 5.91 Å².